The van der Waals surface area contributed by atoms with Crippen LogP contribution in [-0.4, -0.2) is 6.54 Å². The second kappa shape index (κ2) is 3.83. The minimum atomic E-state index is 0.486. The van der Waals surface area contributed by atoms with E-state index >= 15 is 0 Å². The first kappa shape index (κ1) is 11.9. The fraction of sp³-hybridized carbons (Fsp3) is 0.733. The van der Waals surface area contributed by atoms with E-state index < -0.39 is 0 Å². The number of halogens is 1. The molecule has 4 fully saturated rings. The van der Waals surface area contributed by atoms with E-state index in [-0.39, 0.29) is 0 Å². The van der Waals surface area contributed by atoms with E-state index in [1.165, 1.54) is 43.0 Å². The summed E-state index contributed by atoms with van der Waals surface area (Å²) in [4.78, 5) is 1.63. The Morgan fingerprint density at radius 2 is 2.00 bits per heavy atom. The fourth-order valence-corrected chi connectivity index (χ4v) is 7.22. The monoisotopic (exact) mass is 325 g/mol. The van der Waals surface area contributed by atoms with Crippen LogP contribution in [0.4, 0.5) is 0 Å². The van der Waals surface area contributed by atoms with Crippen LogP contribution in [-0.2, 0) is 5.41 Å². The van der Waals surface area contributed by atoms with Crippen molar-refractivity contribution in [1.29, 1.82) is 0 Å². The molecule has 0 amide bonds. The lowest BCUT2D eigenvalue weighted by Gasteiger charge is -2.62. The van der Waals surface area contributed by atoms with E-state index in [0.717, 1.165) is 18.4 Å². The van der Waals surface area contributed by atoms with Gasteiger partial charge in [0.05, 0.1) is 0 Å². The highest BCUT2D eigenvalue weighted by molar-refractivity contribution is 9.10. The van der Waals surface area contributed by atoms with Gasteiger partial charge < -0.3 is 5.73 Å². The van der Waals surface area contributed by atoms with Gasteiger partial charge in [0.25, 0.3) is 0 Å². The molecule has 0 aliphatic heterocycles. The number of nitrogens with two attached hydrogens (primary N) is 1. The van der Waals surface area contributed by atoms with Gasteiger partial charge in [-0.3, -0.25) is 0 Å². The molecular weight excluding hydrogens is 306 g/mol. The second-order valence-corrected chi connectivity index (χ2v) is 8.90. The van der Waals surface area contributed by atoms with Gasteiger partial charge in [-0.15, -0.1) is 11.3 Å². The lowest BCUT2D eigenvalue weighted by atomic mass is 9.44. The number of hydrogen-bond acceptors (Lipinski definition) is 2. The summed E-state index contributed by atoms with van der Waals surface area (Å²) in [7, 11) is 0. The molecule has 4 aliphatic carbocycles. The molecule has 4 bridgehead atoms. The Labute approximate surface area is 121 Å². The highest BCUT2D eigenvalue weighted by Crippen LogP contribution is 2.66. The first-order chi connectivity index (χ1) is 8.63. The number of rotatable bonds is 2. The van der Waals surface area contributed by atoms with E-state index in [1.54, 1.807) is 4.88 Å². The van der Waals surface area contributed by atoms with Crippen LogP contribution in [0.25, 0.3) is 0 Å². The summed E-state index contributed by atoms with van der Waals surface area (Å²) >= 11 is 5.59. The van der Waals surface area contributed by atoms with Crippen molar-refractivity contribution in [2.75, 3.05) is 6.54 Å². The van der Waals surface area contributed by atoms with Gasteiger partial charge in [0, 0.05) is 20.1 Å². The van der Waals surface area contributed by atoms with Crippen LogP contribution in [0.3, 0.4) is 0 Å². The van der Waals surface area contributed by atoms with Crippen molar-refractivity contribution in [3.05, 3.63) is 20.8 Å². The van der Waals surface area contributed by atoms with Gasteiger partial charge in [-0.1, -0.05) is 0 Å². The molecule has 2 atom stereocenters. The average molecular weight is 326 g/mol. The van der Waals surface area contributed by atoms with Gasteiger partial charge in [-0.05, 0) is 84.3 Å². The molecular formula is C15H20BrNS. The molecule has 0 spiro atoms. The third-order valence-corrected chi connectivity index (χ3v) is 7.64. The molecule has 98 valence electrons. The highest BCUT2D eigenvalue weighted by Gasteiger charge is 2.57. The van der Waals surface area contributed by atoms with Crippen LogP contribution in [0.1, 0.15) is 43.4 Å². The molecule has 1 heterocycles. The molecule has 0 radical (unpaired) electrons. The van der Waals surface area contributed by atoms with Crippen LogP contribution in [0.2, 0.25) is 0 Å². The van der Waals surface area contributed by atoms with E-state index in [0.29, 0.717) is 10.8 Å². The van der Waals surface area contributed by atoms with Gasteiger partial charge in [0.15, 0.2) is 0 Å². The third kappa shape index (κ3) is 1.60. The minimum absolute atomic E-state index is 0.486. The lowest BCUT2D eigenvalue weighted by molar-refractivity contribution is -0.0653. The van der Waals surface area contributed by atoms with Crippen LogP contribution in [0.15, 0.2) is 15.9 Å². The zero-order valence-electron chi connectivity index (χ0n) is 10.6. The van der Waals surface area contributed by atoms with Crippen LogP contribution < -0.4 is 5.73 Å². The number of hydrogen-bond donors (Lipinski definition) is 1. The molecule has 2 N–H and O–H groups in total. The summed E-state index contributed by atoms with van der Waals surface area (Å²) in [6.45, 7) is 0.911. The predicted molar refractivity (Wildman–Crippen MR) is 79.9 cm³/mol. The summed E-state index contributed by atoms with van der Waals surface area (Å²) in [5.74, 6) is 1.91. The molecule has 0 aromatic carbocycles. The zero-order chi connectivity index (χ0) is 12.4. The maximum absolute atomic E-state index is 6.16. The van der Waals surface area contributed by atoms with Crippen molar-refractivity contribution in [2.45, 2.75) is 43.9 Å². The SMILES string of the molecule is NCC12CC3CC(C1)CC(c1cc(Br)cs1)(C3)C2. The zero-order valence-corrected chi connectivity index (χ0v) is 13.0. The molecule has 4 aliphatic rings. The van der Waals surface area contributed by atoms with Crippen molar-refractivity contribution in [2.24, 2.45) is 23.0 Å². The normalized spacial score (nSPS) is 45.7. The Kier molecular flexibility index (Phi) is 2.54. The standard InChI is InChI=1S/C15H20BrNS/c16-12-2-13(18-7-12)15-5-10-1-11(6-15)4-14(3-10,8-15)9-17/h2,7,10-11H,1,3-6,8-9,17H2. The molecule has 1 aromatic rings. The summed E-state index contributed by atoms with van der Waals surface area (Å²) in [6.07, 6.45) is 8.52. The van der Waals surface area contributed by atoms with Crippen molar-refractivity contribution < 1.29 is 0 Å². The summed E-state index contributed by atoms with van der Waals surface area (Å²) in [5.41, 5.74) is 7.14. The second-order valence-electron chi connectivity index (χ2n) is 7.07. The van der Waals surface area contributed by atoms with Gasteiger partial charge in [0.1, 0.15) is 0 Å². The first-order valence-corrected chi connectivity index (χ1v) is 8.75. The predicted octanol–water partition coefficient (Wildman–Crippen LogP) is 4.31. The Hall–Kier alpha value is 0.140. The topological polar surface area (TPSA) is 26.0 Å². The summed E-state index contributed by atoms with van der Waals surface area (Å²) < 4.78 is 1.26. The molecule has 1 nitrogen and oxygen atoms in total. The molecule has 5 rings (SSSR count). The number of thiophene rings is 1. The minimum Gasteiger partial charge on any atom is -0.330 e. The van der Waals surface area contributed by atoms with Crippen LogP contribution in [0.5, 0.6) is 0 Å². The Morgan fingerprint density at radius 3 is 2.56 bits per heavy atom. The van der Waals surface area contributed by atoms with Gasteiger partial charge in [-0.25, -0.2) is 0 Å². The maximum atomic E-state index is 6.16. The highest BCUT2D eigenvalue weighted by atomic mass is 79.9. The third-order valence-electron chi connectivity index (χ3n) is 5.71. The molecule has 4 saturated carbocycles. The van der Waals surface area contributed by atoms with E-state index in [2.05, 4.69) is 27.4 Å². The van der Waals surface area contributed by atoms with Crippen LogP contribution >= 0.6 is 27.3 Å². The van der Waals surface area contributed by atoms with E-state index in [4.69, 9.17) is 5.73 Å². The van der Waals surface area contributed by atoms with Gasteiger partial charge >= 0.3 is 0 Å². The largest absolute Gasteiger partial charge is 0.330 e. The van der Waals surface area contributed by atoms with Gasteiger partial charge in [-0.2, -0.15) is 0 Å². The molecule has 0 saturated heterocycles. The first-order valence-electron chi connectivity index (χ1n) is 7.08. The van der Waals surface area contributed by atoms with E-state index in [9.17, 15) is 0 Å². The average Bonchev–Trinajstić information content (AvgIpc) is 2.75. The maximum Gasteiger partial charge on any atom is 0.0285 e. The summed E-state index contributed by atoms with van der Waals surface area (Å²) in [5, 5.41) is 2.25. The van der Waals surface area contributed by atoms with Crippen molar-refractivity contribution in [3.8, 4) is 0 Å². The van der Waals surface area contributed by atoms with Crippen LogP contribution in [0, 0.1) is 17.3 Å². The fourth-order valence-electron chi connectivity index (χ4n) is 5.57. The Balaban J connectivity index is 1.77. The molecule has 3 heteroatoms. The van der Waals surface area contributed by atoms with Crippen molar-refractivity contribution >= 4 is 27.3 Å². The Morgan fingerprint density at radius 1 is 1.28 bits per heavy atom. The Bertz CT molecular complexity index is 467. The summed E-state index contributed by atoms with van der Waals surface area (Å²) in [6, 6.07) is 2.38. The molecule has 18 heavy (non-hydrogen) atoms. The van der Waals surface area contributed by atoms with Crippen molar-refractivity contribution in [1.82, 2.24) is 0 Å². The molecule has 2 unspecified atom stereocenters. The lowest BCUT2D eigenvalue weighted by Crippen LogP contribution is -2.56. The van der Waals surface area contributed by atoms with E-state index in [1.807, 2.05) is 11.3 Å². The van der Waals surface area contributed by atoms with Gasteiger partial charge in [0.2, 0.25) is 0 Å². The smallest absolute Gasteiger partial charge is 0.0285 e. The quantitative estimate of drug-likeness (QED) is 0.861. The van der Waals surface area contributed by atoms with Crippen molar-refractivity contribution in [3.63, 3.8) is 0 Å². The molecule has 1 aromatic heterocycles.